The first-order valence-electron chi connectivity index (χ1n) is 8.13. The lowest BCUT2D eigenvalue weighted by Crippen LogP contribution is -2.14. The van der Waals surface area contributed by atoms with E-state index in [0.29, 0.717) is 22.8 Å². The molecule has 26 heavy (non-hydrogen) atoms. The number of amides is 2. The van der Waals surface area contributed by atoms with Crippen molar-refractivity contribution in [3.63, 3.8) is 0 Å². The van der Waals surface area contributed by atoms with E-state index in [1.54, 1.807) is 24.3 Å². The van der Waals surface area contributed by atoms with Crippen molar-refractivity contribution in [3.05, 3.63) is 53.6 Å². The zero-order chi connectivity index (χ0) is 17.8. The van der Waals surface area contributed by atoms with Crippen LogP contribution in [-0.2, 0) is 4.79 Å². The predicted molar refractivity (Wildman–Crippen MR) is 110 cm³/mol. The van der Waals surface area contributed by atoms with Crippen LogP contribution in [-0.4, -0.2) is 16.8 Å². The molecule has 0 aliphatic carbocycles. The van der Waals surface area contributed by atoms with E-state index >= 15 is 0 Å². The smallest absolute Gasteiger partial charge is 0.257 e. The summed E-state index contributed by atoms with van der Waals surface area (Å²) in [7, 11) is 0. The zero-order valence-corrected chi connectivity index (χ0v) is 16.2. The molecule has 0 fully saturated rings. The van der Waals surface area contributed by atoms with E-state index in [1.807, 2.05) is 32.0 Å². The molecule has 0 atom stereocenters. The summed E-state index contributed by atoms with van der Waals surface area (Å²) in [5.41, 5.74) is 3.12. The quantitative estimate of drug-likeness (QED) is 0.643. The van der Waals surface area contributed by atoms with E-state index in [-0.39, 0.29) is 24.2 Å². The summed E-state index contributed by atoms with van der Waals surface area (Å²) in [6.07, 6.45) is 1.24. The lowest BCUT2D eigenvalue weighted by atomic mass is 10.2. The number of nitrogens with zero attached hydrogens (tertiary/aromatic N) is 1. The Balaban J connectivity index is 0.00000243. The third-order valence-corrected chi connectivity index (χ3v) is 4.58. The predicted octanol–water partition coefficient (Wildman–Crippen LogP) is 5.02. The number of hydrogen-bond acceptors (Lipinski definition) is 4. The molecule has 3 rings (SSSR count). The topological polar surface area (TPSA) is 71.1 Å². The second-order valence-electron chi connectivity index (χ2n) is 5.82. The Bertz CT molecular complexity index is 939. The van der Waals surface area contributed by atoms with Crippen LogP contribution in [0.4, 0.5) is 10.8 Å². The fourth-order valence-electron chi connectivity index (χ4n) is 2.44. The fraction of sp³-hybridized carbons (Fsp3) is 0.211. The number of hydrogen-bond donors (Lipinski definition) is 2. The Hall–Kier alpha value is -2.44. The SMILES string of the molecule is CCCC(=O)Nc1cccc(C(=O)Nc2nc3ccc(C)cc3s2)c1.Cl. The second kappa shape index (κ2) is 8.78. The first kappa shape index (κ1) is 19.9. The molecule has 1 aromatic heterocycles. The average Bonchev–Trinajstić information content (AvgIpc) is 2.96. The molecular weight excluding hydrogens is 370 g/mol. The van der Waals surface area contributed by atoms with Crippen LogP contribution in [0, 0.1) is 6.92 Å². The highest BCUT2D eigenvalue weighted by molar-refractivity contribution is 7.22. The van der Waals surface area contributed by atoms with E-state index in [2.05, 4.69) is 15.6 Å². The van der Waals surface area contributed by atoms with Crippen molar-refractivity contribution in [2.24, 2.45) is 0 Å². The molecule has 0 unspecified atom stereocenters. The van der Waals surface area contributed by atoms with Gasteiger partial charge in [-0.15, -0.1) is 12.4 Å². The van der Waals surface area contributed by atoms with Gasteiger partial charge in [-0.05, 0) is 49.2 Å². The van der Waals surface area contributed by atoms with Crippen LogP contribution in [0.2, 0.25) is 0 Å². The molecule has 3 aromatic rings. The average molecular weight is 390 g/mol. The number of aryl methyl sites for hydroxylation is 1. The first-order valence-corrected chi connectivity index (χ1v) is 8.95. The molecule has 2 N–H and O–H groups in total. The van der Waals surface area contributed by atoms with Crippen LogP contribution in [0.3, 0.4) is 0 Å². The first-order chi connectivity index (χ1) is 12.0. The molecule has 136 valence electrons. The molecule has 0 radical (unpaired) electrons. The Labute approximate surface area is 162 Å². The number of carbonyl (C=O) groups is 2. The number of rotatable bonds is 5. The van der Waals surface area contributed by atoms with Crippen LogP contribution in [0.15, 0.2) is 42.5 Å². The normalized spacial score (nSPS) is 10.2. The molecule has 7 heteroatoms. The van der Waals surface area contributed by atoms with Gasteiger partial charge in [0.05, 0.1) is 10.2 Å². The number of halogens is 1. The van der Waals surface area contributed by atoms with Gasteiger partial charge < -0.3 is 5.32 Å². The molecule has 0 spiro atoms. The molecular formula is C19H20ClN3O2S. The highest BCUT2D eigenvalue weighted by Crippen LogP contribution is 2.27. The Morgan fingerprint density at radius 1 is 1.12 bits per heavy atom. The van der Waals surface area contributed by atoms with E-state index in [1.165, 1.54) is 11.3 Å². The summed E-state index contributed by atoms with van der Waals surface area (Å²) >= 11 is 1.44. The standard InChI is InChI=1S/C19H19N3O2S.ClH/c1-3-5-17(23)20-14-7-4-6-13(11-14)18(24)22-19-21-15-9-8-12(2)10-16(15)25-19;/h4,6-11H,3,5H2,1-2H3,(H,20,23)(H,21,22,24);1H. The molecule has 0 aliphatic heterocycles. The van der Waals surface area contributed by atoms with Crippen LogP contribution in [0.25, 0.3) is 10.2 Å². The lowest BCUT2D eigenvalue weighted by Gasteiger charge is -2.06. The van der Waals surface area contributed by atoms with Crippen molar-refractivity contribution in [2.75, 3.05) is 10.6 Å². The summed E-state index contributed by atoms with van der Waals surface area (Å²) in [6.45, 7) is 3.97. The molecule has 2 amide bonds. The van der Waals surface area contributed by atoms with Gasteiger partial charge in [0.1, 0.15) is 0 Å². The maximum atomic E-state index is 12.5. The Kier molecular flexibility index (Phi) is 6.71. The molecule has 2 aromatic carbocycles. The summed E-state index contributed by atoms with van der Waals surface area (Å²) in [5, 5.41) is 6.19. The monoisotopic (exact) mass is 389 g/mol. The van der Waals surface area contributed by atoms with E-state index < -0.39 is 0 Å². The minimum absolute atomic E-state index is 0. The zero-order valence-electron chi connectivity index (χ0n) is 14.5. The van der Waals surface area contributed by atoms with Crippen LogP contribution in [0.1, 0.15) is 35.7 Å². The van der Waals surface area contributed by atoms with Crippen molar-refractivity contribution in [2.45, 2.75) is 26.7 Å². The largest absolute Gasteiger partial charge is 0.326 e. The Morgan fingerprint density at radius 2 is 1.92 bits per heavy atom. The van der Waals surface area contributed by atoms with Crippen LogP contribution >= 0.6 is 23.7 Å². The molecule has 5 nitrogen and oxygen atoms in total. The number of aromatic nitrogens is 1. The maximum absolute atomic E-state index is 12.5. The van der Waals surface area contributed by atoms with E-state index in [9.17, 15) is 9.59 Å². The number of carbonyl (C=O) groups excluding carboxylic acids is 2. The third kappa shape index (κ3) is 4.80. The molecule has 0 saturated carbocycles. The molecule has 0 saturated heterocycles. The molecule has 0 bridgehead atoms. The van der Waals surface area contributed by atoms with Gasteiger partial charge in [-0.25, -0.2) is 4.98 Å². The third-order valence-electron chi connectivity index (χ3n) is 3.65. The minimum atomic E-state index is -0.248. The van der Waals surface area contributed by atoms with Crippen molar-refractivity contribution >= 4 is 56.6 Å². The summed E-state index contributed by atoms with van der Waals surface area (Å²) < 4.78 is 1.04. The molecule has 1 heterocycles. The van der Waals surface area contributed by atoms with Gasteiger partial charge in [0.2, 0.25) is 5.91 Å². The van der Waals surface area contributed by atoms with Crippen molar-refractivity contribution < 1.29 is 9.59 Å². The van der Waals surface area contributed by atoms with E-state index in [4.69, 9.17) is 0 Å². The number of benzene rings is 2. The number of anilines is 2. The van der Waals surface area contributed by atoms with Gasteiger partial charge in [-0.1, -0.05) is 30.4 Å². The van der Waals surface area contributed by atoms with E-state index in [0.717, 1.165) is 22.2 Å². The fourth-order valence-corrected chi connectivity index (χ4v) is 3.40. The second-order valence-corrected chi connectivity index (χ2v) is 6.85. The number of thiazole rings is 1. The van der Waals surface area contributed by atoms with Crippen molar-refractivity contribution in [1.29, 1.82) is 0 Å². The minimum Gasteiger partial charge on any atom is -0.326 e. The van der Waals surface area contributed by atoms with Gasteiger partial charge in [-0.3, -0.25) is 14.9 Å². The molecule has 0 aliphatic rings. The van der Waals surface area contributed by atoms with Crippen molar-refractivity contribution in [1.82, 2.24) is 4.98 Å². The lowest BCUT2D eigenvalue weighted by molar-refractivity contribution is -0.116. The van der Waals surface area contributed by atoms with Gasteiger partial charge in [0, 0.05) is 17.7 Å². The Morgan fingerprint density at radius 3 is 2.69 bits per heavy atom. The highest BCUT2D eigenvalue weighted by Gasteiger charge is 2.11. The maximum Gasteiger partial charge on any atom is 0.257 e. The summed E-state index contributed by atoms with van der Waals surface area (Å²) in [4.78, 5) is 28.6. The van der Waals surface area contributed by atoms with Crippen molar-refractivity contribution in [3.8, 4) is 0 Å². The van der Waals surface area contributed by atoms with Gasteiger partial charge >= 0.3 is 0 Å². The number of nitrogens with one attached hydrogen (secondary N) is 2. The van der Waals surface area contributed by atoms with Gasteiger partial charge in [-0.2, -0.15) is 0 Å². The van der Waals surface area contributed by atoms with Crippen LogP contribution < -0.4 is 10.6 Å². The van der Waals surface area contributed by atoms with Crippen LogP contribution in [0.5, 0.6) is 0 Å². The van der Waals surface area contributed by atoms with Gasteiger partial charge in [0.25, 0.3) is 5.91 Å². The summed E-state index contributed by atoms with van der Waals surface area (Å²) in [5.74, 6) is -0.302. The highest BCUT2D eigenvalue weighted by atomic mass is 35.5. The summed E-state index contributed by atoms with van der Waals surface area (Å²) in [6, 6.07) is 12.9. The van der Waals surface area contributed by atoms with Gasteiger partial charge in [0.15, 0.2) is 5.13 Å². The number of fused-ring (bicyclic) bond motifs is 1.